The average molecular weight is 222 g/mol. The van der Waals surface area contributed by atoms with Gasteiger partial charge in [0.05, 0.1) is 0 Å². The first-order chi connectivity index (χ1) is 7.17. The second-order valence-electron chi connectivity index (χ2n) is 3.96. The van der Waals surface area contributed by atoms with E-state index in [1.807, 2.05) is 30.8 Å². The van der Waals surface area contributed by atoms with Gasteiger partial charge < -0.3 is 0 Å². The molecule has 0 saturated heterocycles. The smallest absolute Gasteiger partial charge is 0.150 e. The van der Waals surface area contributed by atoms with Crippen LogP contribution in [0.3, 0.4) is 0 Å². The van der Waals surface area contributed by atoms with Crippen LogP contribution < -0.4 is 0 Å². The monoisotopic (exact) mass is 222 g/mol. The zero-order valence-corrected chi connectivity index (χ0v) is 10.4. The predicted molar refractivity (Wildman–Crippen MR) is 66.7 cm³/mol. The fourth-order valence-corrected chi connectivity index (χ4v) is 2.36. The van der Waals surface area contributed by atoms with E-state index < -0.39 is 0 Å². The van der Waals surface area contributed by atoms with Crippen molar-refractivity contribution in [1.82, 2.24) is 0 Å². The SMILES string of the molecule is CCC(C)CSc1ccc(C=O)c(C)c1. The summed E-state index contributed by atoms with van der Waals surface area (Å²) in [5.41, 5.74) is 1.86. The minimum Gasteiger partial charge on any atom is -0.298 e. The van der Waals surface area contributed by atoms with E-state index in [2.05, 4.69) is 19.9 Å². The Kier molecular flexibility index (Phi) is 4.89. The Labute approximate surface area is 96.3 Å². The van der Waals surface area contributed by atoms with Gasteiger partial charge in [-0.1, -0.05) is 26.3 Å². The number of rotatable bonds is 5. The second-order valence-corrected chi connectivity index (χ2v) is 5.05. The van der Waals surface area contributed by atoms with E-state index in [0.717, 1.165) is 29.1 Å². The van der Waals surface area contributed by atoms with Gasteiger partial charge in [-0.25, -0.2) is 0 Å². The molecule has 0 N–H and O–H groups in total. The lowest BCUT2D eigenvalue weighted by molar-refractivity contribution is 0.112. The fraction of sp³-hybridized carbons (Fsp3) is 0.462. The van der Waals surface area contributed by atoms with Gasteiger partial charge in [-0.05, 0) is 30.5 Å². The Bertz CT molecular complexity index is 333. The summed E-state index contributed by atoms with van der Waals surface area (Å²) in [5.74, 6) is 1.90. The zero-order chi connectivity index (χ0) is 11.3. The molecule has 0 spiro atoms. The van der Waals surface area contributed by atoms with Gasteiger partial charge in [0.25, 0.3) is 0 Å². The van der Waals surface area contributed by atoms with Crippen LogP contribution >= 0.6 is 11.8 Å². The molecule has 0 heterocycles. The summed E-state index contributed by atoms with van der Waals surface area (Å²) in [6.45, 7) is 6.46. The molecule has 0 fully saturated rings. The Morgan fingerprint density at radius 1 is 1.47 bits per heavy atom. The van der Waals surface area contributed by atoms with Crippen LogP contribution in [0.25, 0.3) is 0 Å². The molecule has 82 valence electrons. The van der Waals surface area contributed by atoms with Gasteiger partial charge in [-0.3, -0.25) is 4.79 Å². The number of carbonyl (C=O) groups is 1. The third-order valence-corrected chi connectivity index (χ3v) is 3.92. The van der Waals surface area contributed by atoms with Gasteiger partial charge in [0.2, 0.25) is 0 Å². The van der Waals surface area contributed by atoms with E-state index in [0.29, 0.717) is 0 Å². The van der Waals surface area contributed by atoms with E-state index in [-0.39, 0.29) is 0 Å². The second kappa shape index (κ2) is 5.96. The van der Waals surface area contributed by atoms with Gasteiger partial charge >= 0.3 is 0 Å². The Balaban J connectivity index is 2.63. The van der Waals surface area contributed by atoms with Crippen LogP contribution in [0.15, 0.2) is 23.1 Å². The van der Waals surface area contributed by atoms with Crippen LogP contribution in [-0.4, -0.2) is 12.0 Å². The quantitative estimate of drug-likeness (QED) is 0.554. The van der Waals surface area contributed by atoms with Gasteiger partial charge in [0, 0.05) is 16.2 Å². The number of benzene rings is 1. The summed E-state index contributed by atoms with van der Waals surface area (Å²) in [6, 6.07) is 6.03. The molecule has 0 saturated carbocycles. The number of thioether (sulfide) groups is 1. The molecule has 1 nitrogen and oxygen atoms in total. The van der Waals surface area contributed by atoms with Gasteiger partial charge in [0.15, 0.2) is 0 Å². The topological polar surface area (TPSA) is 17.1 Å². The molecule has 2 heteroatoms. The first kappa shape index (κ1) is 12.3. The fourth-order valence-electron chi connectivity index (χ4n) is 1.23. The zero-order valence-electron chi connectivity index (χ0n) is 9.62. The Hall–Kier alpha value is -0.760. The van der Waals surface area contributed by atoms with Gasteiger partial charge in [0.1, 0.15) is 6.29 Å². The lowest BCUT2D eigenvalue weighted by Crippen LogP contribution is -1.95. The Morgan fingerprint density at radius 2 is 2.20 bits per heavy atom. The lowest BCUT2D eigenvalue weighted by Gasteiger charge is -2.08. The van der Waals surface area contributed by atoms with E-state index in [1.165, 1.54) is 11.3 Å². The minimum atomic E-state index is 0.751. The summed E-state index contributed by atoms with van der Waals surface area (Å²) >= 11 is 1.87. The van der Waals surface area contributed by atoms with Crippen LogP contribution in [0.2, 0.25) is 0 Å². The summed E-state index contributed by atoms with van der Waals surface area (Å²) in [5, 5.41) is 0. The van der Waals surface area contributed by atoms with Crippen molar-refractivity contribution < 1.29 is 4.79 Å². The summed E-state index contributed by atoms with van der Waals surface area (Å²) in [7, 11) is 0. The molecule has 1 rings (SSSR count). The molecule has 0 radical (unpaired) electrons. The highest BCUT2D eigenvalue weighted by Gasteiger charge is 2.02. The van der Waals surface area contributed by atoms with Gasteiger partial charge in [-0.15, -0.1) is 11.8 Å². The highest BCUT2D eigenvalue weighted by atomic mass is 32.2. The molecule has 1 aromatic carbocycles. The maximum Gasteiger partial charge on any atom is 0.150 e. The van der Waals surface area contributed by atoms with Crippen molar-refractivity contribution >= 4 is 18.0 Å². The van der Waals surface area contributed by atoms with Crippen LogP contribution in [0.5, 0.6) is 0 Å². The summed E-state index contributed by atoms with van der Waals surface area (Å²) in [6.07, 6.45) is 2.14. The maximum absolute atomic E-state index is 10.6. The molecule has 0 aliphatic carbocycles. The number of aryl methyl sites for hydroxylation is 1. The first-order valence-electron chi connectivity index (χ1n) is 5.36. The summed E-state index contributed by atoms with van der Waals surface area (Å²) in [4.78, 5) is 11.9. The molecule has 0 aromatic heterocycles. The molecule has 0 bridgehead atoms. The normalized spacial score (nSPS) is 12.5. The van der Waals surface area contributed by atoms with Crippen molar-refractivity contribution in [2.24, 2.45) is 5.92 Å². The largest absolute Gasteiger partial charge is 0.298 e. The minimum absolute atomic E-state index is 0.751. The van der Waals surface area contributed by atoms with Crippen molar-refractivity contribution in [2.45, 2.75) is 32.1 Å². The molecular weight excluding hydrogens is 204 g/mol. The molecular formula is C13H18OS. The molecule has 0 amide bonds. The van der Waals surface area contributed by atoms with Crippen molar-refractivity contribution in [1.29, 1.82) is 0 Å². The van der Waals surface area contributed by atoms with Crippen LogP contribution in [0, 0.1) is 12.8 Å². The van der Waals surface area contributed by atoms with Crippen molar-refractivity contribution in [3.8, 4) is 0 Å². The van der Waals surface area contributed by atoms with E-state index in [4.69, 9.17) is 0 Å². The van der Waals surface area contributed by atoms with Crippen molar-refractivity contribution in [2.75, 3.05) is 5.75 Å². The summed E-state index contributed by atoms with van der Waals surface area (Å²) < 4.78 is 0. The molecule has 0 aliphatic heterocycles. The molecule has 1 aromatic rings. The van der Waals surface area contributed by atoms with Crippen LogP contribution in [0.1, 0.15) is 36.2 Å². The number of hydrogen-bond acceptors (Lipinski definition) is 2. The molecule has 1 atom stereocenters. The molecule has 1 unspecified atom stereocenters. The number of hydrogen-bond donors (Lipinski definition) is 0. The van der Waals surface area contributed by atoms with Crippen LogP contribution in [-0.2, 0) is 0 Å². The highest BCUT2D eigenvalue weighted by molar-refractivity contribution is 7.99. The van der Waals surface area contributed by atoms with E-state index in [1.54, 1.807) is 0 Å². The third-order valence-electron chi connectivity index (χ3n) is 2.60. The number of aldehydes is 1. The standard InChI is InChI=1S/C13H18OS/c1-4-10(2)9-15-13-6-5-12(8-14)11(3)7-13/h5-8,10H,4,9H2,1-3H3. The highest BCUT2D eigenvalue weighted by Crippen LogP contribution is 2.23. The third kappa shape index (κ3) is 3.71. The maximum atomic E-state index is 10.6. The average Bonchev–Trinajstić information content (AvgIpc) is 2.26. The van der Waals surface area contributed by atoms with Crippen molar-refractivity contribution in [3.63, 3.8) is 0 Å². The van der Waals surface area contributed by atoms with E-state index in [9.17, 15) is 4.79 Å². The van der Waals surface area contributed by atoms with E-state index >= 15 is 0 Å². The lowest BCUT2D eigenvalue weighted by atomic mass is 10.1. The van der Waals surface area contributed by atoms with Crippen LogP contribution in [0.4, 0.5) is 0 Å². The predicted octanol–water partition coefficient (Wildman–Crippen LogP) is 3.95. The molecule has 15 heavy (non-hydrogen) atoms. The number of carbonyl (C=O) groups excluding carboxylic acids is 1. The van der Waals surface area contributed by atoms with Gasteiger partial charge in [-0.2, -0.15) is 0 Å². The van der Waals surface area contributed by atoms with Crippen molar-refractivity contribution in [3.05, 3.63) is 29.3 Å². The molecule has 0 aliphatic rings. The first-order valence-corrected chi connectivity index (χ1v) is 6.34. The Morgan fingerprint density at radius 3 is 2.73 bits per heavy atom.